The standard InChI is InChI=1S/C16H35N5.HI/c1-6-21-9-7-8-14(21)11-18-16(17)19-12-15(20(4)5)10-13(2)3;/h13-15H,6-12H2,1-5H3,(H3,17,18,19);1H. The first-order valence-corrected chi connectivity index (χ1v) is 8.38. The van der Waals surface area contributed by atoms with Crippen LogP contribution in [0.4, 0.5) is 0 Å². The van der Waals surface area contributed by atoms with Gasteiger partial charge in [0.25, 0.3) is 0 Å². The SMILES string of the molecule is CCN1CCCC1CNC(N)=NCC(CC(C)C)N(C)C.I. The molecule has 2 unspecified atom stereocenters. The lowest BCUT2D eigenvalue weighted by atomic mass is 10.0. The number of likely N-dealkylation sites (tertiary alicyclic amines) is 1. The Morgan fingerprint density at radius 1 is 1.41 bits per heavy atom. The maximum absolute atomic E-state index is 6.02. The molecule has 1 aliphatic heterocycles. The van der Waals surface area contributed by atoms with Crippen molar-refractivity contribution < 1.29 is 0 Å². The highest BCUT2D eigenvalue weighted by Gasteiger charge is 2.22. The van der Waals surface area contributed by atoms with Crippen LogP contribution in [0.1, 0.15) is 40.0 Å². The Morgan fingerprint density at radius 2 is 2.09 bits per heavy atom. The number of halogens is 1. The molecule has 2 atom stereocenters. The molecule has 1 fully saturated rings. The topological polar surface area (TPSA) is 56.9 Å². The van der Waals surface area contributed by atoms with Crippen molar-refractivity contribution in [2.45, 2.75) is 52.1 Å². The molecular formula is C16H36IN5. The van der Waals surface area contributed by atoms with Gasteiger partial charge in [0.15, 0.2) is 5.96 Å². The number of nitrogens with one attached hydrogen (secondary N) is 1. The van der Waals surface area contributed by atoms with Crippen LogP contribution in [0, 0.1) is 5.92 Å². The van der Waals surface area contributed by atoms with Crippen LogP contribution >= 0.6 is 24.0 Å². The molecule has 132 valence electrons. The predicted molar refractivity (Wildman–Crippen MR) is 107 cm³/mol. The lowest BCUT2D eigenvalue weighted by molar-refractivity contribution is 0.260. The van der Waals surface area contributed by atoms with E-state index in [1.54, 1.807) is 0 Å². The Morgan fingerprint density at radius 3 is 2.64 bits per heavy atom. The summed E-state index contributed by atoms with van der Waals surface area (Å²) in [5.74, 6) is 1.27. The van der Waals surface area contributed by atoms with E-state index in [0.717, 1.165) is 26.1 Å². The van der Waals surface area contributed by atoms with Crippen molar-refractivity contribution in [1.29, 1.82) is 0 Å². The van der Waals surface area contributed by atoms with E-state index in [4.69, 9.17) is 5.73 Å². The summed E-state index contributed by atoms with van der Waals surface area (Å²) in [6.07, 6.45) is 3.71. The van der Waals surface area contributed by atoms with Gasteiger partial charge in [0.1, 0.15) is 0 Å². The predicted octanol–water partition coefficient (Wildman–Crippen LogP) is 1.97. The number of likely N-dealkylation sites (N-methyl/N-ethyl adjacent to an activating group) is 2. The third-order valence-corrected chi connectivity index (χ3v) is 4.37. The van der Waals surface area contributed by atoms with E-state index in [2.05, 4.69) is 55.0 Å². The fourth-order valence-electron chi connectivity index (χ4n) is 3.02. The minimum atomic E-state index is 0. The summed E-state index contributed by atoms with van der Waals surface area (Å²) in [4.78, 5) is 9.29. The molecule has 3 N–H and O–H groups in total. The van der Waals surface area contributed by atoms with Crippen LogP contribution in [-0.2, 0) is 0 Å². The van der Waals surface area contributed by atoms with Gasteiger partial charge in [0.05, 0.1) is 6.54 Å². The number of nitrogens with two attached hydrogens (primary N) is 1. The minimum Gasteiger partial charge on any atom is -0.370 e. The zero-order valence-electron chi connectivity index (χ0n) is 15.0. The molecule has 0 aromatic carbocycles. The molecule has 5 nitrogen and oxygen atoms in total. The van der Waals surface area contributed by atoms with Crippen LogP contribution in [0.5, 0.6) is 0 Å². The summed E-state index contributed by atoms with van der Waals surface area (Å²) in [6.45, 7) is 10.8. The minimum absolute atomic E-state index is 0. The quantitative estimate of drug-likeness (QED) is 0.355. The maximum Gasteiger partial charge on any atom is 0.188 e. The number of nitrogens with zero attached hydrogens (tertiary/aromatic N) is 3. The summed E-state index contributed by atoms with van der Waals surface area (Å²) in [5.41, 5.74) is 6.02. The summed E-state index contributed by atoms with van der Waals surface area (Å²) < 4.78 is 0. The molecular weight excluding hydrogens is 389 g/mol. The normalized spacial score (nSPS) is 21.2. The monoisotopic (exact) mass is 425 g/mol. The molecule has 1 rings (SSSR count). The lowest BCUT2D eigenvalue weighted by Crippen LogP contribution is -2.43. The van der Waals surface area contributed by atoms with E-state index < -0.39 is 0 Å². The second-order valence-corrected chi connectivity index (χ2v) is 6.78. The van der Waals surface area contributed by atoms with Gasteiger partial charge in [-0.3, -0.25) is 9.89 Å². The highest BCUT2D eigenvalue weighted by atomic mass is 127. The third kappa shape index (κ3) is 7.97. The molecule has 22 heavy (non-hydrogen) atoms. The molecule has 0 radical (unpaired) electrons. The molecule has 0 saturated carbocycles. The smallest absolute Gasteiger partial charge is 0.188 e. The van der Waals surface area contributed by atoms with Crippen molar-refractivity contribution in [3.8, 4) is 0 Å². The van der Waals surface area contributed by atoms with Crippen LogP contribution < -0.4 is 11.1 Å². The lowest BCUT2D eigenvalue weighted by Gasteiger charge is -2.25. The number of rotatable bonds is 8. The average molecular weight is 425 g/mol. The largest absolute Gasteiger partial charge is 0.370 e. The van der Waals surface area contributed by atoms with Gasteiger partial charge in [-0.2, -0.15) is 0 Å². The number of hydrogen-bond acceptors (Lipinski definition) is 3. The Kier molecular flexibility index (Phi) is 11.4. The second-order valence-electron chi connectivity index (χ2n) is 6.78. The Balaban J connectivity index is 0.00000441. The molecule has 0 spiro atoms. The third-order valence-electron chi connectivity index (χ3n) is 4.37. The van der Waals surface area contributed by atoms with Crippen LogP contribution in [0.15, 0.2) is 4.99 Å². The molecule has 0 aromatic heterocycles. The molecule has 0 aromatic rings. The summed E-state index contributed by atoms with van der Waals surface area (Å²) in [7, 11) is 4.23. The van der Waals surface area contributed by atoms with Crippen molar-refractivity contribution in [3.63, 3.8) is 0 Å². The van der Waals surface area contributed by atoms with Crippen molar-refractivity contribution in [2.75, 3.05) is 40.3 Å². The Hall–Kier alpha value is -0.0800. The van der Waals surface area contributed by atoms with Crippen LogP contribution in [0.2, 0.25) is 0 Å². The van der Waals surface area contributed by atoms with Gasteiger partial charge in [-0.15, -0.1) is 24.0 Å². The molecule has 1 aliphatic rings. The zero-order valence-corrected chi connectivity index (χ0v) is 17.3. The van der Waals surface area contributed by atoms with E-state index in [1.807, 2.05) is 0 Å². The highest BCUT2D eigenvalue weighted by molar-refractivity contribution is 14.0. The summed E-state index contributed by atoms with van der Waals surface area (Å²) >= 11 is 0. The van der Waals surface area contributed by atoms with Gasteiger partial charge >= 0.3 is 0 Å². The van der Waals surface area contributed by atoms with Gasteiger partial charge in [0, 0.05) is 18.6 Å². The van der Waals surface area contributed by atoms with Crippen LogP contribution in [0.3, 0.4) is 0 Å². The average Bonchev–Trinajstić information content (AvgIpc) is 2.87. The first kappa shape index (κ1) is 21.9. The highest BCUT2D eigenvalue weighted by Crippen LogP contribution is 2.15. The van der Waals surface area contributed by atoms with Gasteiger partial charge in [-0.1, -0.05) is 20.8 Å². The van der Waals surface area contributed by atoms with Crippen molar-refractivity contribution >= 4 is 29.9 Å². The molecule has 1 saturated heterocycles. The fraction of sp³-hybridized carbons (Fsp3) is 0.938. The first-order chi connectivity index (χ1) is 9.93. The second kappa shape index (κ2) is 11.5. The van der Waals surface area contributed by atoms with Gasteiger partial charge in [-0.05, 0) is 52.4 Å². The van der Waals surface area contributed by atoms with E-state index in [0.29, 0.717) is 24.0 Å². The van der Waals surface area contributed by atoms with E-state index in [1.165, 1.54) is 19.4 Å². The van der Waals surface area contributed by atoms with Gasteiger partial charge < -0.3 is 16.0 Å². The van der Waals surface area contributed by atoms with Gasteiger partial charge in [-0.25, -0.2) is 0 Å². The first-order valence-electron chi connectivity index (χ1n) is 8.38. The maximum atomic E-state index is 6.02. The van der Waals surface area contributed by atoms with E-state index in [-0.39, 0.29) is 24.0 Å². The van der Waals surface area contributed by atoms with E-state index >= 15 is 0 Å². The molecule has 0 bridgehead atoms. The number of aliphatic imine (C=N–C) groups is 1. The summed E-state index contributed by atoms with van der Waals surface area (Å²) in [6, 6.07) is 1.08. The van der Waals surface area contributed by atoms with Crippen molar-refractivity contribution in [1.82, 2.24) is 15.1 Å². The zero-order chi connectivity index (χ0) is 15.8. The van der Waals surface area contributed by atoms with Crippen LogP contribution in [-0.4, -0.2) is 68.1 Å². The van der Waals surface area contributed by atoms with Crippen molar-refractivity contribution in [3.05, 3.63) is 0 Å². The fourth-order valence-corrected chi connectivity index (χ4v) is 3.02. The van der Waals surface area contributed by atoms with Gasteiger partial charge in [0.2, 0.25) is 0 Å². The Bertz CT molecular complexity index is 320. The Labute approximate surface area is 154 Å². The summed E-state index contributed by atoms with van der Waals surface area (Å²) in [5, 5.41) is 3.30. The van der Waals surface area contributed by atoms with E-state index in [9.17, 15) is 0 Å². The van der Waals surface area contributed by atoms with Crippen molar-refractivity contribution in [2.24, 2.45) is 16.6 Å². The number of hydrogen-bond donors (Lipinski definition) is 2. The van der Waals surface area contributed by atoms with Crippen LogP contribution in [0.25, 0.3) is 0 Å². The molecule has 0 aliphatic carbocycles. The molecule has 1 heterocycles. The number of guanidine groups is 1. The molecule has 0 amide bonds. The molecule has 6 heteroatoms.